The van der Waals surface area contributed by atoms with Crippen molar-refractivity contribution in [3.8, 4) is 11.3 Å². The van der Waals surface area contributed by atoms with E-state index in [-0.39, 0.29) is 0 Å². The largest absolute Gasteiger partial charge is 0.480 e. The maximum absolute atomic E-state index is 12.5. The van der Waals surface area contributed by atoms with Crippen molar-refractivity contribution in [3.05, 3.63) is 77.7 Å². The van der Waals surface area contributed by atoms with E-state index in [4.69, 9.17) is 9.84 Å². The Morgan fingerprint density at radius 2 is 1.64 bits per heavy atom. The molecule has 0 fully saturated rings. The molecule has 0 bridgehead atoms. The first kappa shape index (κ1) is 23.4. The number of carboxylic acid groups (broad SMARTS) is 1. The molecule has 3 aromatic rings. The maximum atomic E-state index is 12.5. The number of hydrogen-bond donors (Lipinski definition) is 3. The van der Waals surface area contributed by atoms with E-state index in [9.17, 15) is 14.4 Å². The van der Waals surface area contributed by atoms with E-state index in [1.54, 1.807) is 38.1 Å². The van der Waals surface area contributed by atoms with Gasteiger partial charge < -0.3 is 15.2 Å². The molecular formula is C24H24N4O5. The highest BCUT2D eigenvalue weighted by Crippen LogP contribution is 2.28. The zero-order chi connectivity index (χ0) is 24.0. The minimum atomic E-state index is -1.12. The van der Waals surface area contributed by atoms with Gasteiger partial charge in [-0.05, 0) is 38.5 Å². The number of aliphatic carboxylic acids is 1. The zero-order valence-corrected chi connectivity index (χ0v) is 18.4. The van der Waals surface area contributed by atoms with Gasteiger partial charge in [0.15, 0.2) is 0 Å². The van der Waals surface area contributed by atoms with Crippen molar-refractivity contribution in [3.63, 3.8) is 0 Å². The molecule has 9 heteroatoms. The van der Waals surface area contributed by atoms with Crippen LogP contribution < -0.4 is 10.6 Å². The fourth-order valence-corrected chi connectivity index (χ4v) is 3.05. The lowest BCUT2D eigenvalue weighted by Crippen LogP contribution is -2.38. The number of carbonyl (C=O) groups is 3. The second-order valence-corrected chi connectivity index (χ2v) is 7.38. The summed E-state index contributed by atoms with van der Waals surface area (Å²) >= 11 is 0. The number of anilines is 1. The average Bonchev–Trinajstić information content (AvgIpc) is 2.81. The molecule has 3 rings (SSSR count). The molecule has 0 radical (unpaired) electrons. The van der Waals surface area contributed by atoms with Crippen LogP contribution in [0.4, 0.5) is 10.5 Å². The van der Waals surface area contributed by atoms with E-state index >= 15 is 0 Å². The molecule has 2 aromatic carbocycles. The van der Waals surface area contributed by atoms with E-state index in [1.807, 2.05) is 30.3 Å². The third-order valence-corrected chi connectivity index (χ3v) is 4.96. The summed E-state index contributed by atoms with van der Waals surface area (Å²) in [6.07, 6.45) is 0.276. The van der Waals surface area contributed by atoms with Crippen molar-refractivity contribution >= 4 is 23.7 Å². The number of carboxylic acids is 1. The number of nitrogens with zero attached hydrogens (tertiary/aromatic N) is 2. The van der Waals surface area contributed by atoms with Crippen molar-refractivity contribution in [2.75, 3.05) is 5.32 Å². The lowest BCUT2D eigenvalue weighted by molar-refractivity contribution is -0.138. The van der Waals surface area contributed by atoms with Gasteiger partial charge in [0.25, 0.3) is 5.91 Å². The van der Waals surface area contributed by atoms with Crippen LogP contribution in [-0.4, -0.2) is 39.1 Å². The topological polar surface area (TPSA) is 131 Å². The second-order valence-electron chi connectivity index (χ2n) is 7.38. The lowest BCUT2D eigenvalue weighted by Gasteiger charge is -2.16. The van der Waals surface area contributed by atoms with Crippen LogP contribution in [0, 0.1) is 6.92 Å². The summed E-state index contributed by atoms with van der Waals surface area (Å²) in [5.74, 6) is -1.63. The van der Waals surface area contributed by atoms with Gasteiger partial charge in [-0.3, -0.25) is 14.9 Å². The first-order chi connectivity index (χ1) is 15.8. The number of amides is 2. The fourth-order valence-electron chi connectivity index (χ4n) is 3.05. The smallest absolute Gasteiger partial charge is 0.412 e. The number of rotatable bonds is 7. The Labute approximate surface area is 190 Å². The van der Waals surface area contributed by atoms with Gasteiger partial charge in [0.2, 0.25) is 0 Å². The number of hydrogen-bond acceptors (Lipinski definition) is 6. The van der Waals surface area contributed by atoms with Gasteiger partial charge in [0.05, 0.1) is 17.1 Å². The van der Waals surface area contributed by atoms with E-state index in [1.165, 1.54) is 13.3 Å². The van der Waals surface area contributed by atoms with Gasteiger partial charge in [-0.15, -0.1) is 0 Å². The molecule has 9 nitrogen and oxygen atoms in total. The second kappa shape index (κ2) is 10.4. The Kier molecular flexibility index (Phi) is 7.34. The molecule has 33 heavy (non-hydrogen) atoms. The highest BCUT2D eigenvalue weighted by molar-refractivity contribution is 5.97. The van der Waals surface area contributed by atoms with E-state index in [0.29, 0.717) is 28.2 Å². The molecule has 0 saturated carbocycles. The van der Waals surface area contributed by atoms with Crippen LogP contribution in [-0.2, 0) is 9.53 Å². The number of nitrogens with one attached hydrogen (secondary N) is 2. The number of aromatic nitrogens is 2. The van der Waals surface area contributed by atoms with E-state index in [2.05, 4.69) is 20.6 Å². The Hall–Kier alpha value is -4.27. The Bertz CT molecular complexity index is 1150. The normalized spacial score (nSPS) is 12.3. The van der Waals surface area contributed by atoms with Crippen molar-refractivity contribution in [2.24, 2.45) is 0 Å². The molecule has 1 heterocycles. The van der Waals surface area contributed by atoms with E-state index < -0.39 is 30.1 Å². The number of benzene rings is 2. The predicted molar refractivity (Wildman–Crippen MR) is 122 cm³/mol. The number of ether oxygens (including phenoxy) is 1. The molecule has 0 aliphatic rings. The standard InChI is InChI=1S/C24H24N4O5/c1-14-20(28-24(32)33-16(3)17-7-5-4-6-8-17)21(26-13-25-14)18-9-11-19(12-10-18)22(29)27-15(2)23(30)31/h4-13,15-16H,1-3H3,(H,27,29)(H,28,32)(H,30,31). The molecule has 1 aromatic heterocycles. The van der Waals surface area contributed by atoms with Crippen LogP contribution in [0.15, 0.2) is 60.9 Å². The van der Waals surface area contributed by atoms with Crippen LogP contribution in [0.5, 0.6) is 0 Å². The van der Waals surface area contributed by atoms with Crippen LogP contribution in [0.3, 0.4) is 0 Å². The molecule has 170 valence electrons. The number of carbonyl (C=O) groups excluding carboxylic acids is 2. The predicted octanol–water partition coefficient (Wildman–Crippen LogP) is 3.96. The van der Waals surface area contributed by atoms with Crippen molar-refractivity contribution < 1.29 is 24.2 Å². The average molecular weight is 448 g/mol. The monoisotopic (exact) mass is 448 g/mol. The SMILES string of the molecule is Cc1ncnc(-c2ccc(C(=O)NC(C)C(=O)O)cc2)c1NC(=O)OC(C)c1ccccc1. The highest BCUT2D eigenvalue weighted by Gasteiger charge is 2.18. The van der Waals surface area contributed by atoms with Gasteiger partial charge in [-0.1, -0.05) is 42.5 Å². The first-order valence-electron chi connectivity index (χ1n) is 10.2. The molecule has 3 N–H and O–H groups in total. The third-order valence-electron chi connectivity index (χ3n) is 4.96. The maximum Gasteiger partial charge on any atom is 0.412 e. The molecule has 0 aliphatic heterocycles. The Morgan fingerprint density at radius 1 is 0.970 bits per heavy atom. The highest BCUT2D eigenvalue weighted by atomic mass is 16.6. The molecule has 0 saturated heterocycles. The van der Waals surface area contributed by atoms with Gasteiger partial charge in [0, 0.05) is 11.1 Å². The molecule has 2 atom stereocenters. The number of aryl methyl sites for hydroxylation is 1. The minimum Gasteiger partial charge on any atom is -0.480 e. The van der Waals surface area contributed by atoms with E-state index in [0.717, 1.165) is 5.56 Å². The first-order valence-corrected chi connectivity index (χ1v) is 10.2. The quantitative estimate of drug-likeness (QED) is 0.498. The lowest BCUT2D eigenvalue weighted by atomic mass is 10.1. The molecule has 0 aliphatic carbocycles. The third kappa shape index (κ3) is 5.91. The van der Waals surface area contributed by atoms with Crippen LogP contribution >= 0.6 is 0 Å². The Balaban J connectivity index is 1.77. The summed E-state index contributed by atoms with van der Waals surface area (Å²) in [4.78, 5) is 44.1. The van der Waals surface area contributed by atoms with Gasteiger partial charge >= 0.3 is 12.1 Å². The van der Waals surface area contributed by atoms with Crippen molar-refractivity contribution in [2.45, 2.75) is 32.9 Å². The molecular weight excluding hydrogens is 424 g/mol. The van der Waals surface area contributed by atoms with Gasteiger partial charge in [0.1, 0.15) is 18.5 Å². The van der Waals surface area contributed by atoms with Gasteiger partial charge in [-0.25, -0.2) is 14.8 Å². The van der Waals surface area contributed by atoms with Gasteiger partial charge in [-0.2, -0.15) is 0 Å². The van der Waals surface area contributed by atoms with Crippen LogP contribution in [0.2, 0.25) is 0 Å². The molecule has 2 unspecified atom stereocenters. The summed E-state index contributed by atoms with van der Waals surface area (Å²) in [5, 5.41) is 14.1. The molecule has 0 spiro atoms. The van der Waals surface area contributed by atoms with Crippen LogP contribution in [0.25, 0.3) is 11.3 Å². The van der Waals surface area contributed by atoms with Crippen molar-refractivity contribution in [1.29, 1.82) is 0 Å². The summed E-state index contributed by atoms with van der Waals surface area (Å²) in [6, 6.07) is 14.8. The minimum absolute atomic E-state index is 0.295. The summed E-state index contributed by atoms with van der Waals surface area (Å²) in [5.41, 5.74) is 3.18. The summed E-state index contributed by atoms with van der Waals surface area (Å²) < 4.78 is 5.49. The van der Waals surface area contributed by atoms with Crippen molar-refractivity contribution in [1.82, 2.24) is 15.3 Å². The molecule has 2 amide bonds. The fraction of sp³-hybridized carbons (Fsp3) is 0.208. The Morgan fingerprint density at radius 3 is 2.27 bits per heavy atom. The summed E-state index contributed by atoms with van der Waals surface area (Å²) in [6.45, 7) is 4.89. The zero-order valence-electron chi connectivity index (χ0n) is 18.4. The summed E-state index contributed by atoms with van der Waals surface area (Å²) in [7, 11) is 0. The van der Waals surface area contributed by atoms with Crippen LogP contribution in [0.1, 0.15) is 41.6 Å².